The highest BCUT2D eigenvalue weighted by Gasteiger charge is 2.12. The second-order valence-electron chi connectivity index (χ2n) is 6.73. The van der Waals surface area contributed by atoms with Gasteiger partial charge in [-0.2, -0.15) is 0 Å². The van der Waals surface area contributed by atoms with Gasteiger partial charge in [0, 0.05) is 16.5 Å². The lowest BCUT2D eigenvalue weighted by Crippen LogP contribution is -1.95. The van der Waals surface area contributed by atoms with Crippen LogP contribution in [0.15, 0.2) is 97.1 Å². The zero-order valence-electron chi connectivity index (χ0n) is 14.7. The van der Waals surface area contributed by atoms with E-state index in [1.54, 1.807) is 0 Å². The fraction of sp³-hybridized carbons (Fsp3) is 0.0400. The molecule has 1 heteroatoms. The smallest absolute Gasteiger partial charge is 0.0541 e. The van der Waals surface area contributed by atoms with Crippen LogP contribution in [-0.2, 0) is 0 Å². The minimum absolute atomic E-state index is 1.20. The summed E-state index contributed by atoms with van der Waals surface area (Å²) in [6.45, 7) is 2.18. The highest BCUT2D eigenvalue weighted by atomic mass is 15.0. The maximum Gasteiger partial charge on any atom is 0.0541 e. The van der Waals surface area contributed by atoms with Gasteiger partial charge in [-0.25, -0.2) is 0 Å². The van der Waals surface area contributed by atoms with Gasteiger partial charge in [0.25, 0.3) is 0 Å². The molecule has 0 aliphatic heterocycles. The molecule has 0 atom stereocenters. The van der Waals surface area contributed by atoms with Crippen molar-refractivity contribution in [3.63, 3.8) is 0 Å². The molecule has 124 valence electrons. The molecule has 0 aliphatic rings. The van der Waals surface area contributed by atoms with Crippen molar-refractivity contribution in [2.24, 2.45) is 0 Å². The van der Waals surface area contributed by atoms with E-state index in [9.17, 15) is 0 Å². The van der Waals surface area contributed by atoms with Gasteiger partial charge in [-0.3, -0.25) is 0 Å². The minimum Gasteiger partial charge on any atom is -0.309 e. The van der Waals surface area contributed by atoms with Gasteiger partial charge < -0.3 is 4.57 Å². The molecule has 0 saturated carbocycles. The Hall–Kier alpha value is -3.32. The van der Waals surface area contributed by atoms with Gasteiger partial charge >= 0.3 is 0 Å². The molecule has 0 saturated heterocycles. The molecular formula is C25H19N. The predicted octanol–water partition coefficient (Wildman–Crippen LogP) is 6.76. The summed E-state index contributed by atoms with van der Waals surface area (Å²) >= 11 is 0. The third-order valence-electron chi connectivity index (χ3n) is 5.14. The van der Waals surface area contributed by atoms with Gasteiger partial charge in [-0.15, -0.1) is 0 Å². The van der Waals surface area contributed by atoms with Crippen LogP contribution in [0.3, 0.4) is 0 Å². The van der Waals surface area contributed by atoms with Gasteiger partial charge in [0.2, 0.25) is 0 Å². The number of fused-ring (bicyclic) bond motifs is 3. The van der Waals surface area contributed by atoms with Gasteiger partial charge in [-0.05, 0) is 47.9 Å². The molecule has 0 unspecified atom stereocenters. The van der Waals surface area contributed by atoms with Crippen LogP contribution in [0.5, 0.6) is 0 Å². The van der Waals surface area contributed by atoms with Crippen molar-refractivity contribution >= 4 is 21.8 Å². The van der Waals surface area contributed by atoms with Gasteiger partial charge in [0.1, 0.15) is 0 Å². The topological polar surface area (TPSA) is 4.93 Å². The number of aryl methyl sites for hydroxylation is 1. The number of hydrogen-bond donors (Lipinski definition) is 0. The van der Waals surface area contributed by atoms with E-state index >= 15 is 0 Å². The summed E-state index contributed by atoms with van der Waals surface area (Å²) in [4.78, 5) is 0. The van der Waals surface area contributed by atoms with Crippen molar-refractivity contribution in [1.82, 2.24) is 4.57 Å². The first kappa shape index (κ1) is 15.0. The number of rotatable bonds is 2. The van der Waals surface area contributed by atoms with E-state index in [0.717, 1.165) is 0 Å². The summed E-state index contributed by atoms with van der Waals surface area (Å²) in [6, 6.07) is 34.7. The van der Waals surface area contributed by atoms with E-state index in [1.165, 1.54) is 44.2 Å². The van der Waals surface area contributed by atoms with Crippen LogP contribution in [0, 0.1) is 6.92 Å². The molecule has 0 radical (unpaired) electrons. The second-order valence-corrected chi connectivity index (χ2v) is 6.73. The molecule has 0 amide bonds. The zero-order valence-corrected chi connectivity index (χ0v) is 14.7. The lowest BCUT2D eigenvalue weighted by atomic mass is 10.00. The number of para-hydroxylation sites is 2. The summed E-state index contributed by atoms with van der Waals surface area (Å²) < 4.78 is 2.37. The van der Waals surface area contributed by atoms with E-state index in [4.69, 9.17) is 0 Å². The third kappa shape index (κ3) is 2.25. The van der Waals surface area contributed by atoms with Crippen LogP contribution >= 0.6 is 0 Å². The van der Waals surface area contributed by atoms with Crippen LogP contribution in [0.2, 0.25) is 0 Å². The molecule has 0 N–H and O–H groups in total. The van der Waals surface area contributed by atoms with Crippen LogP contribution in [0.4, 0.5) is 0 Å². The van der Waals surface area contributed by atoms with Crippen molar-refractivity contribution in [1.29, 1.82) is 0 Å². The molecule has 0 bridgehead atoms. The van der Waals surface area contributed by atoms with Crippen LogP contribution < -0.4 is 0 Å². The van der Waals surface area contributed by atoms with Crippen molar-refractivity contribution < 1.29 is 0 Å². The second kappa shape index (κ2) is 5.89. The highest BCUT2D eigenvalue weighted by Crippen LogP contribution is 2.33. The first-order chi connectivity index (χ1) is 12.8. The Balaban J connectivity index is 1.84. The Morgan fingerprint density at radius 3 is 1.81 bits per heavy atom. The molecule has 1 heterocycles. The molecule has 4 aromatic carbocycles. The average molecular weight is 333 g/mol. The summed E-state index contributed by atoms with van der Waals surface area (Å²) in [5.74, 6) is 0. The SMILES string of the molecule is Cc1ccc(-n2c3ccccc3c3ccccc32)cc1-c1ccccc1. The Morgan fingerprint density at radius 2 is 1.15 bits per heavy atom. The Kier molecular flexibility index (Phi) is 3.39. The standard InChI is InChI=1S/C25H19N/c1-18-15-16-20(17-23(18)19-9-3-2-4-10-19)26-24-13-7-5-11-21(24)22-12-6-8-14-25(22)26/h2-17H,1H3. The Bertz CT molecular complexity index is 1180. The fourth-order valence-electron chi connectivity index (χ4n) is 3.88. The van der Waals surface area contributed by atoms with Crippen molar-refractivity contribution in [2.45, 2.75) is 6.92 Å². The van der Waals surface area contributed by atoms with Gasteiger partial charge in [-0.1, -0.05) is 72.8 Å². The van der Waals surface area contributed by atoms with Crippen molar-refractivity contribution in [3.8, 4) is 16.8 Å². The Morgan fingerprint density at radius 1 is 0.577 bits per heavy atom. The average Bonchev–Trinajstić information content (AvgIpc) is 3.04. The van der Waals surface area contributed by atoms with E-state index < -0.39 is 0 Å². The lowest BCUT2D eigenvalue weighted by Gasteiger charge is -2.12. The van der Waals surface area contributed by atoms with Gasteiger partial charge in [0.05, 0.1) is 11.0 Å². The van der Waals surface area contributed by atoms with Crippen molar-refractivity contribution in [2.75, 3.05) is 0 Å². The number of aromatic nitrogens is 1. The lowest BCUT2D eigenvalue weighted by molar-refractivity contribution is 1.18. The number of benzene rings is 4. The van der Waals surface area contributed by atoms with Crippen molar-refractivity contribution in [3.05, 3.63) is 103 Å². The monoisotopic (exact) mass is 333 g/mol. The van der Waals surface area contributed by atoms with Crippen LogP contribution in [0.25, 0.3) is 38.6 Å². The zero-order chi connectivity index (χ0) is 17.5. The molecule has 0 aliphatic carbocycles. The van der Waals surface area contributed by atoms with Crippen LogP contribution in [-0.4, -0.2) is 4.57 Å². The normalized spacial score (nSPS) is 11.3. The fourth-order valence-corrected chi connectivity index (χ4v) is 3.88. The summed E-state index contributed by atoms with van der Waals surface area (Å²) in [5, 5.41) is 2.59. The first-order valence-electron chi connectivity index (χ1n) is 8.97. The molecule has 1 aromatic heterocycles. The predicted molar refractivity (Wildman–Crippen MR) is 111 cm³/mol. The van der Waals surface area contributed by atoms with Gasteiger partial charge in [0.15, 0.2) is 0 Å². The van der Waals surface area contributed by atoms with E-state index in [2.05, 4.69) is 109 Å². The molecule has 5 aromatic rings. The van der Waals surface area contributed by atoms with Crippen LogP contribution in [0.1, 0.15) is 5.56 Å². The minimum atomic E-state index is 1.20. The summed E-state index contributed by atoms with van der Waals surface area (Å²) in [7, 11) is 0. The van der Waals surface area contributed by atoms with E-state index in [1.807, 2.05) is 0 Å². The largest absolute Gasteiger partial charge is 0.309 e. The quantitative estimate of drug-likeness (QED) is 0.336. The maximum absolute atomic E-state index is 2.37. The summed E-state index contributed by atoms with van der Waals surface area (Å²) in [6.07, 6.45) is 0. The molecule has 0 fully saturated rings. The van der Waals surface area contributed by atoms with E-state index in [-0.39, 0.29) is 0 Å². The highest BCUT2D eigenvalue weighted by molar-refractivity contribution is 6.09. The number of nitrogens with zero attached hydrogens (tertiary/aromatic N) is 1. The molecule has 1 nitrogen and oxygen atoms in total. The third-order valence-corrected chi connectivity index (χ3v) is 5.14. The van der Waals surface area contributed by atoms with E-state index in [0.29, 0.717) is 0 Å². The Labute approximate surface area is 153 Å². The molecule has 5 rings (SSSR count). The number of hydrogen-bond acceptors (Lipinski definition) is 0. The maximum atomic E-state index is 2.37. The molecule has 26 heavy (non-hydrogen) atoms. The first-order valence-corrected chi connectivity index (χ1v) is 8.97. The summed E-state index contributed by atoms with van der Waals surface area (Å²) in [5.41, 5.74) is 7.53. The molecular weight excluding hydrogens is 314 g/mol. The molecule has 0 spiro atoms.